The van der Waals surface area contributed by atoms with Gasteiger partial charge in [-0.15, -0.1) is 0 Å². The van der Waals surface area contributed by atoms with Crippen LogP contribution in [0.3, 0.4) is 0 Å². The van der Waals surface area contributed by atoms with E-state index in [0.29, 0.717) is 0 Å². The van der Waals surface area contributed by atoms with Gasteiger partial charge >= 0.3 is 0 Å². The molecule has 3 unspecified atom stereocenters. The fourth-order valence-electron chi connectivity index (χ4n) is 3.76. The topological polar surface area (TPSA) is 21.6 Å². The summed E-state index contributed by atoms with van der Waals surface area (Å²) < 4.78 is 0. The van der Waals surface area contributed by atoms with Crippen molar-refractivity contribution in [2.45, 2.75) is 39.0 Å². The lowest BCUT2D eigenvalue weighted by atomic mass is 9.57. The van der Waals surface area contributed by atoms with Gasteiger partial charge in [-0.1, -0.05) is 24.2 Å². The monoisotopic (exact) mass is 205 g/mol. The first kappa shape index (κ1) is 9.44. The Labute approximate surface area is 91.4 Å². The maximum Gasteiger partial charge on any atom is 0.128 e. The van der Waals surface area contributed by atoms with Crippen LogP contribution in [-0.2, 0) is 4.84 Å². The molecule has 82 valence electrons. The Bertz CT molecular complexity index is 333. The average molecular weight is 205 g/mol. The van der Waals surface area contributed by atoms with Crippen molar-refractivity contribution in [3.05, 3.63) is 12.2 Å². The molecule has 0 spiro atoms. The molecular weight excluding hydrogens is 186 g/mol. The van der Waals surface area contributed by atoms with Gasteiger partial charge in [0.05, 0.1) is 5.71 Å². The number of oxime groups is 1. The Hall–Kier alpha value is -0.790. The smallest absolute Gasteiger partial charge is 0.128 e. The predicted molar refractivity (Wildman–Crippen MR) is 60.7 cm³/mol. The summed E-state index contributed by atoms with van der Waals surface area (Å²) in [6.07, 6.45) is 6.19. The first-order chi connectivity index (χ1) is 7.20. The molecule has 3 rings (SSSR count). The highest BCUT2D eigenvalue weighted by atomic mass is 16.6. The van der Waals surface area contributed by atoms with Crippen LogP contribution >= 0.6 is 0 Å². The Morgan fingerprint density at radius 3 is 3.13 bits per heavy atom. The van der Waals surface area contributed by atoms with Gasteiger partial charge < -0.3 is 4.84 Å². The summed E-state index contributed by atoms with van der Waals surface area (Å²) >= 11 is 0. The molecule has 0 aromatic heterocycles. The van der Waals surface area contributed by atoms with Crippen LogP contribution in [0.1, 0.15) is 39.0 Å². The Kier molecular flexibility index (Phi) is 1.95. The van der Waals surface area contributed by atoms with E-state index in [0.717, 1.165) is 24.9 Å². The highest BCUT2D eigenvalue weighted by molar-refractivity contribution is 5.91. The SMILES string of the molecule is C=C1CCC2C(CCC3=NOCC32C)C1. The van der Waals surface area contributed by atoms with E-state index >= 15 is 0 Å². The van der Waals surface area contributed by atoms with Crippen LogP contribution in [0, 0.1) is 17.3 Å². The van der Waals surface area contributed by atoms with E-state index < -0.39 is 0 Å². The van der Waals surface area contributed by atoms with Crippen molar-refractivity contribution >= 4 is 5.71 Å². The molecule has 15 heavy (non-hydrogen) atoms. The number of rotatable bonds is 0. The summed E-state index contributed by atoms with van der Waals surface area (Å²) in [4.78, 5) is 5.34. The first-order valence-electron chi connectivity index (χ1n) is 6.06. The summed E-state index contributed by atoms with van der Waals surface area (Å²) in [6, 6.07) is 0. The maximum atomic E-state index is 5.34. The minimum Gasteiger partial charge on any atom is -0.395 e. The predicted octanol–water partition coefficient (Wildman–Crippen LogP) is 3.15. The fourth-order valence-corrected chi connectivity index (χ4v) is 3.76. The van der Waals surface area contributed by atoms with Crippen LogP contribution < -0.4 is 0 Å². The van der Waals surface area contributed by atoms with Crippen LogP contribution in [0.25, 0.3) is 0 Å². The lowest BCUT2D eigenvalue weighted by Crippen LogP contribution is -2.45. The van der Waals surface area contributed by atoms with Gasteiger partial charge in [-0.25, -0.2) is 0 Å². The van der Waals surface area contributed by atoms with E-state index in [9.17, 15) is 0 Å². The molecule has 0 saturated heterocycles. The molecule has 2 aliphatic carbocycles. The van der Waals surface area contributed by atoms with Gasteiger partial charge in [0.2, 0.25) is 0 Å². The van der Waals surface area contributed by atoms with Gasteiger partial charge in [0, 0.05) is 5.41 Å². The number of allylic oxidation sites excluding steroid dienone is 1. The van der Waals surface area contributed by atoms with Crippen LogP contribution in [0.4, 0.5) is 0 Å². The fraction of sp³-hybridized carbons (Fsp3) is 0.769. The zero-order valence-corrected chi connectivity index (χ0v) is 9.46. The number of nitrogens with zero attached hydrogens (tertiary/aromatic N) is 1. The van der Waals surface area contributed by atoms with Crippen molar-refractivity contribution in [1.82, 2.24) is 0 Å². The average Bonchev–Trinajstić information content (AvgIpc) is 2.59. The number of hydrogen-bond donors (Lipinski definition) is 0. The molecule has 0 amide bonds. The molecule has 3 atom stereocenters. The molecule has 3 aliphatic rings. The first-order valence-corrected chi connectivity index (χ1v) is 6.06. The van der Waals surface area contributed by atoms with E-state index in [4.69, 9.17) is 4.84 Å². The third-order valence-electron chi connectivity index (χ3n) is 4.70. The quantitative estimate of drug-likeness (QED) is 0.557. The van der Waals surface area contributed by atoms with Crippen LogP contribution in [-0.4, -0.2) is 12.3 Å². The van der Waals surface area contributed by atoms with E-state index in [2.05, 4.69) is 18.7 Å². The molecule has 0 N–H and O–H groups in total. The van der Waals surface area contributed by atoms with E-state index in [-0.39, 0.29) is 5.41 Å². The summed E-state index contributed by atoms with van der Waals surface area (Å²) in [5.41, 5.74) is 3.04. The van der Waals surface area contributed by atoms with E-state index in [1.54, 1.807) is 0 Å². The van der Waals surface area contributed by atoms with Crippen molar-refractivity contribution in [3.63, 3.8) is 0 Å². The minimum atomic E-state index is 0.254. The highest BCUT2D eigenvalue weighted by Crippen LogP contribution is 2.52. The summed E-state index contributed by atoms with van der Waals surface area (Å²) in [6.45, 7) is 7.32. The normalized spacial score (nSPS) is 44.1. The van der Waals surface area contributed by atoms with E-state index in [1.807, 2.05) is 0 Å². The van der Waals surface area contributed by atoms with Crippen molar-refractivity contribution in [1.29, 1.82) is 0 Å². The van der Waals surface area contributed by atoms with Crippen LogP contribution in [0.15, 0.2) is 17.3 Å². The second-order valence-electron chi connectivity index (χ2n) is 5.63. The molecule has 0 bridgehead atoms. The molecule has 0 aromatic rings. The highest BCUT2D eigenvalue weighted by Gasteiger charge is 2.50. The molecule has 0 radical (unpaired) electrons. The van der Waals surface area contributed by atoms with Crippen LogP contribution in [0.5, 0.6) is 0 Å². The molecule has 1 heterocycles. The Balaban J connectivity index is 1.90. The third kappa shape index (κ3) is 1.27. The molecule has 1 aliphatic heterocycles. The largest absolute Gasteiger partial charge is 0.395 e. The second kappa shape index (κ2) is 3.10. The molecule has 2 saturated carbocycles. The van der Waals surface area contributed by atoms with Gasteiger partial charge in [0.15, 0.2) is 0 Å². The van der Waals surface area contributed by atoms with Crippen molar-refractivity contribution < 1.29 is 4.84 Å². The minimum absolute atomic E-state index is 0.254. The number of fused-ring (bicyclic) bond motifs is 3. The molecule has 0 aromatic carbocycles. The summed E-state index contributed by atoms with van der Waals surface area (Å²) in [7, 11) is 0. The van der Waals surface area contributed by atoms with Crippen molar-refractivity contribution in [2.75, 3.05) is 6.61 Å². The van der Waals surface area contributed by atoms with E-state index in [1.165, 1.54) is 37.0 Å². The molecule has 2 nitrogen and oxygen atoms in total. The van der Waals surface area contributed by atoms with Gasteiger partial charge in [-0.2, -0.15) is 0 Å². The molecular formula is C13H19NO. The van der Waals surface area contributed by atoms with Crippen molar-refractivity contribution in [3.8, 4) is 0 Å². The second-order valence-corrected chi connectivity index (χ2v) is 5.63. The van der Waals surface area contributed by atoms with Gasteiger partial charge in [0.1, 0.15) is 6.61 Å². The Morgan fingerprint density at radius 2 is 2.27 bits per heavy atom. The Morgan fingerprint density at radius 1 is 1.40 bits per heavy atom. The molecule has 2 heteroatoms. The lowest BCUT2D eigenvalue weighted by molar-refractivity contribution is 0.0571. The van der Waals surface area contributed by atoms with Crippen molar-refractivity contribution in [2.24, 2.45) is 22.4 Å². The van der Waals surface area contributed by atoms with Gasteiger partial charge in [-0.3, -0.25) is 0 Å². The lowest BCUT2D eigenvalue weighted by Gasteiger charge is -2.46. The van der Waals surface area contributed by atoms with Gasteiger partial charge in [-0.05, 0) is 43.9 Å². The number of hydrogen-bond acceptors (Lipinski definition) is 2. The van der Waals surface area contributed by atoms with Gasteiger partial charge in [0.25, 0.3) is 0 Å². The molecule has 2 fully saturated rings. The standard InChI is InChI=1S/C13H19NO/c1-9-3-5-11-10(7-9)4-6-12-13(11,2)8-15-14-12/h10-11H,1,3-8H2,2H3. The summed E-state index contributed by atoms with van der Waals surface area (Å²) in [5.74, 6) is 1.63. The van der Waals surface area contributed by atoms with Crippen LogP contribution in [0.2, 0.25) is 0 Å². The zero-order chi connectivity index (χ0) is 10.5. The zero-order valence-electron chi connectivity index (χ0n) is 9.46. The third-order valence-corrected chi connectivity index (χ3v) is 4.70. The summed E-state index contributed by atoms with van der Waals surface area (Å²) in [5, 5.41) is 4.23. The maximum absolute atomic E-state index is 5.34.